The molecule has 1 N–H and O–H groups in total. The van der Waals surface area contributed by atoms with Crippen molar-refractivity contribution in [3.63, 3.8) is 0 Å². The van der Waals surface area contributed by atoms with Crippen LogP contribution in [0, 0.1) is 0 Å². The lowest BCUT2D eigenvalue weighted by Gasteiger charge is -2.20. The summed E-state index contributed by atoms with van der Waals surface area (Å²) in [6.45, 7) is 11.2. The molecule has 0 spiro atoms. The average Bonchev–Trinajstić information content (AvgIpc) is 2.26. The second kappa shape index (κ2) is 5.96. The Morgan fingerprint density at radius 1 is 1.35 bits per heavy atom. The highest BCUT2D eigenvalue weighted by Crippen LogP contribution is 2.10. The summed E-state index contributed by atoms with van der Waals surface area (Å²) in [6.07, 6.45) is 4.57. The molecule has 1 aromatic rings. The highest BCUT2D eigenvalue weighted by Gasteiger charge is 2.10. The van der Waals surface area contributed by atoms with Crippen LogP contribution < -0.4 is 10.1 Å². The van der Waals surface area contributed by atoms with E-state index in [0.717, 1.165) is 12.1 Å². The molecule has 0 aliphatic carbocycles. The molecule has 96 valence electrons. The number of nitrogens with one attached hydrogen (secondary N) is 1. The van der Waals surface area contributed by atoms with Crippen molar-refractivity contribution >= 4 is 0 Å². The first-order chi connectivity index (χ1) is 7.90. The van der Waals surface area contributed by atoms with Crippen LogP contribution in [0.1, 0.15) is 46.7 Å². The molecule has 0 aliphatic rings. The molecule has 0 radical (unpaired) electrons. The minimum atomic E-state index is 0.0786. The Labute approximate surface area is 104 Å². The summed E-state index contributed by atoms with van der Waals surface area (Å²) in [7, 11) is 0. The maximum atomic E-state index is 5.63. The van der Waals surface area contributed by atoms with Gasteiger partial charge in [0.1, 0.15) is 0 Å². The molecule has 0 aromatic carbocycles. The average molecular weight is 237 g/mol. The molecular weight excluding hydrogens is 214 g/mol. The van der Waals surface area contributed by atoms with Crippen LogP contribution in [0.5, 0.6) is 5.88 Å². The van der Waals surface area contributed by atoms with Crippen LogP contribution in [-0.4, -0.2) is 21.6 Å². The summed E-state index contributed by atoms with van der Waals surface area (Å²) >= 11 is 0. The first kappa shape index (κ1) is 13.9. The second-order valence-corrected chi connectivity index (χ2v) is 5.29. The minimum absolute atomic E-state index is 0.0786. The molecule has 0 bridgehead atoms. The maximum absolute atomic E-state index is 5.63. The summed E-state index contributed by atoms with van der Waals surface area (Å²) in [6, 6.07) is 0. The monoisotopic (exact) mass is 237 g/mol. The molecule has 0 saturated carbocycles. The van der Waals surface area contributed by atoms with E-state index in [1.807, 2.05) is 6.92 Å². The van der Waals surface area contributed by atoms with Gasteiger partial charge in [-0.2, -0.15) is 0 Å². The van der Waals surface area contributed by atoms with E-state index in [2.05, 4.69) is 43.0 Å². The fourth-order valence-electron chi connectivity index (χ4n) is 1.17. The zero-order valence-electron chi connectivity index (χ0n) is 11.4. The van der Waals surface area contributed by atoms with Crippen molar-refractivity contribution in [3.8, 4) is 5.88 Å². The molecule has 0 saturated heterocycles. The number of hydrogen-bond donors (Lipinski definition) is 1. The van der Waals surface area contributed by atoms with Gasteiger partial charge < -0.3 is 10.1 Å². The van der Waals surface area contributed by atoms with Crippen molar-refractivity contribution in [3.05, 3.63) is 18.1 Å². The van der Waals surface area contributed by atoms with Crippen LogP contribution in [0.3, 0.4) is 0 Å². The van der Waals surface area contributed by atoms with Crippen molar-refractivity contribution in [2.75, 3.05) is 0 Å². The van der Waals surface area contributed by atoms with Gasteiger partial charge in [-0.3, -0.25) is 4.98 Å². The quantitative estimate of drug-likeness (QED) is 0.855. The van der Waals surface area contributed by atoms with E-state index in [9.17, 15) is 0 Å². The molecule has 1 heterocycles. The molecule has 0 fully saturated rings. The summed E-state index contributed by atoms with van der Waals surface area (Å²) < 4.78 is 5.63. The van der Waals surface area contributed by atoms with Crippen molar-refractivity contribution < 1.29 is 4.74 Å². The Kier molecular flexibility index (Phi) is 4.87. The first-order valence-electron chi connectivity index (χ1n) is 6.13. The van der Waals surface area contributed by atoms with Gasteiger partial charge >= 0.3 is 0 Å². The molecular formula is C13H23N3O. The number of ether oxygens (including phenoxy) is 1. The van der Waals surface area contributed by atoms with Crippen LogP contribution >= 0.6 is 0 Å². The fraction of sp³-hybridized carbons (Fsp3) is 0.692. The fourth-order valence-corrected chi connectivity index (χ4v) is 1.17. The predicted octanol–water partition coefficient (Wildman–Crippen LogP) is 2.54. The van der Waals surface area contributed by atoms with Gasteiger partial charge in [-0.15, -0.1) is 0 Å². The highest BCUT2D eigenvalue weighted by atomic mass is 16.5. The third kappa shape index (κ3) is 5.63. The lowest BCUT2D eigenvalue weighted by atomic mass is 10.1. The van der Waals surface area contributed by atoms with Gasteiger partial charge in [0, 0.05) is 18.3 Å². The van der Waals surface area contributed by atoms with Crippen molar-refractivity contribution in [1.29, 1.82) is 0 Å². The van der Waals surface area contributed by atoms with Crippen LogP contribution in [0.4, 0.5) is 0 Å². The standard InChI is InChI=1S/C13H23N3O/c1-6-10(2)17-12-9-14-7-11(16-12)8-15-13(3,4)5/h7,9-10,15H,6,8H2,1-5H3. The zero-order chi connectivity index (χ0) is 12.9. The Morgan fingerprint density at radius 2 is 2.06 bits per heavy atom. The maximum Gasteiger partial charge on any atom is 0.232 e. The van der Waals surface area contributed by atoms with E-state index >= 15 is 0 Å². The van der Waals surface area contributed by atoms with Gasteiger partial charge in [0.25, 0.3) is 0 Å². The van der Waals surface area contributed by atoms with E-state index in [4.69, 9.17) is 4.74 Å². The molecule has 4 nitrogen and oxygen atoms in total. The number of rotatable bonds is 5. The molecule has 4 heteroatoms. The zero-order valence-corrected chi connectivity index (χ0v) is 11.4. The van der Waals surface area contributed by atoms with E-state index in [1.54, 1.807) is 12.4 Å². The van der Waals surface area contributed by atoms with Crippen LogP contribution in [-0.2, 0) is 6.54 Å². The Morgan fingerprint density at radius 3 is 2.65 bits per heavy atom. The normalized spacial score (nSPS) is 13.5. The molecule has 1 rings (SSSR count). The van der Waals surface area contributed by atoms with E-state index in [0.29, 0.717) is 12.4 Å². The molecule has 0 amide bonds. The van der Waals surface area contributed by atoms with Crippen molar-refractivity contribution in [2.45, 2.75) is 59.2 Å². The Bertz CT molecular complexity index is 347. The largest absolute Gasteiger partial charge is 0.474 e. The summed E-state index contributed by atoms with van der Waals surface area (Å²) in [4.78, 5) is 8.56. The molecule has 17 heavy (non-hydrogen) atoms. The van der Waals surface area contributed by atoms with Crippen molar-refractivity contribution in [1.82, 2.24) is 15.3 Å². The van der Waals surface area contributed by atoms with E-state index < -0.39 is 0 Å². The van der Waals surface area contributed by atoms with Crippen LogP contribution in [0.15, 0.2) is 12.4 Å². The van der Waals surface area contributed by atoms with Gasteiger partial charge in [0.15, 0.2) is 0 Å². The highest BCUT2D eigenvalue weighted by molar-refractivity contribution is 5.08. The lowest BCUT2D eigenvalue weighted by molar-refractivity contribution is 0.207. The SMILES string of the molecule is CCC(C)Oc1cncc(CNC(C)(C)C)n1. The van der Waals surface area contributed by atoms with Gasteiger partial charge in [0.05, 0.1) is 18.0 Å². The van der Waals surface area contributed by atoms with Crippen LogP contribution in [0.25, 0.3) is 0 Å². The topological polar surface area (TPSA) is 47.0 Å². The van der Waals surface area contributed by atoms with Gasteiger partial charge in [-0.05, 0) is 34.1 Å². The third-order valence-electron chi connectivity index (χ3n) is 2.36. The second-order valence-electron chi connectivity index (χ2n) is 5.29. The van der Waals surface area contributed by atoms with E-state index in [-0.39, 0.29) is 11.6 Å². The first-order valence-corrected chi connectivity index (χ1v) is 6.13. The van der Waals surface area contributed by atoms with E-state index in [1.165, 1.54) is 0 Å². The van der Waals surface area contributed by atoms with Gasteiger partial charge in [-0.25, -0.2) is 4.98 Å². The van der Waals surface area contributed by atoms with Gasteiger partial charge in [-0.1, -0.05) is 6.92 Å². The Balaban J connectivity index is 2.60. The molecule has 1 unspecified atom stereocenters. The lowest BCUT2D eigenvalue weighted by Crippen LogP contribution is -2.35. The molecule has 1 aromatic heterocycles. The molecule has 1 atom stereocenters. The summed E-state index contributed by atoms with van der Waals surface area (Å²) in [5, 5.41) is 3.37. The van der Waals surface area contributed by atoms with Gasteiger partial charge in [0.2, 0.25) is 5.88 Å². The minimum Gasteiger partial charge on any atom is -0.474 e. The Hall–Kier alpha value is -1.16. The predicted molar refractivity (Wildman–Crippen MR) is 69.0 cm³/mol. The number of hydrogen-bond acceptors (Lipinski definition) is 4. The van der Waals surface area contributed by atoms with Crippen molar-refractivity contribution in [2.24, 2.45) is 0 Å². The smallest absolute Gasteiger partial charge is 0.232 e. The number of aromatic nitrogens is 2. The summed E-state index contributed by atoms with van der Waals surface area (Å²) in [5.41, 5.74) is 0.982. The molecule has 0 aliphatic heterocycles. The van der Waals surface area contributed by atoms with Crippen LogP contribution in [0.2, 0.25) is 0 Å². The number of nitrogens with zero attached hydrogens (tertiary/aromatic N) is 2. The summed E-state index contributed by atoms with van der Waals surface area (Å²) in [5.74, 6) is 0.604. The third-order valence-corrected chi connectivity index (χ3v) is 2.36.